The molecule has 1 aromatic rings. The molecule has 1 aromatic heterocycles. The van der Waals surface area contributed by atoms with E-state index in [4.69, 9.17) is 14.3 Å². The topological polar surface area (TPSA) is 80.0 Å². The Morgan fingerprint density at radius 2 is 1.95 bits per heavy atom. The van der Waals surface area contributed by atoms with E-state index in [9.17, 15) is 9.59 Å². The number of carbonyl (C=O) groups excluding carboxylic acids is 1. The van der Waals surface area contributed by atoms with Crippen molar-refractivity contribution < 1.29 is 23.8 Å². The molecule has 0 aliphatic carbocycles. The zero-order valence-electron chi connectivity index (χ0n) is 13.7. The molecule has 0 spiro atoms. The minimum atomic E-state index is -1.08. The fourth-order valence-electron chi connectivity index (χ4n) is 2.49. The van der Waals surface area contributed by atoms with Crippen LogP contribution in [0.2, 0.25) is 0 Å². The van der Waals surface area contributed by atoms with E-state index < -0.39 is 5.97 Å². The van der Waals surface area contributed by atoms with Crippen molar-refractivity contribution in [2.24, 2.45) is 0 Å². The van der Waals surface area contributed by atoms with Crippen molar-refractivity contribution >= 4 is 11.9 Å². The molecule has 22 heavy (non-hydrogen) atoms. The molecule has 0 aliphatic rings. The van der Waals surface area contributed by atoms with Crippen LogP contribution in [0.15, 0.2) is 10.5 Å². The number of aromatic carboxylic acids is 1. The third kappa shape index (κ3) is 4.10. The molecule has 0 saturated heterocycles. The van der Waals surface area contributed by atoms with Crippen molar-refractivity contribution in [2.75, 3.05) is 20.3 Å². The number of hydrogen-bond acceptors (Lipinski definition) is 4. The first-order valence-electron chi connectivity index (χ1n) is 7.65. The lowest BCUT2D eigenvalue weighted by molar-refractivity contribution is 0.0556. The smallest absolute Gasteiger partial charge is 0.339 e. The Labute approximate surface area is 131 Å². The van der Waals surface area contributed by atoms with Crippen LogP contribution in [0.1, 0.15) is 60.3 Å². The second kappa shape index (κ2) is 8.58. The van der Waals surface area contributed by atoms with Gasteiger partial charge in [-0.25, -0.2) is 4.79 Å². The molecule has 0 bridgehead atoms. The quantitative estimate of drug-likeness (QED) is 0.758. The number of furan rings is 1. The first-order valence-corrected chi connectivity index (χ1v) is 7.65. The molecule has 0 aromatic carbocycles. The number of amides is 1. The highest BCUT2D eigenvalue weighted by atomic mass is 16.5. The van der Waals surface area contributed by atoms with Gasteiger partial charge in [0.05, 0.1) is 6.61 Å². The highest BCUT2D eigenvalue weighted by Crippen LogP contribution is 2.20. The van der Waals surface area contributed by atoms with Gasteiger partial charge < -0.3 is 19.2 Å². The summed E-state index contributed by atoms with van der Waals surface area (Å²) in [6.45, 7) is 6.71. The highest BCUT2D eigenvalue weighted by molar-refractivity contribution is 5.96. The van der Waals surface area contributed by atoms with Gasteiger partial charge in [-0.1, -0.05) is 20.8 Å². The minimum Gasteiger partial charge on any atom is -0.478 e. The van der Waals surface area contributed by atoms with Crippen LogP contribution in [0, 0.1) is 0 Å². The molecule has 0 atom stereocenters. The van der Waals surface area contributed by atoms with Gasteiger partial charge >= 0.3 is 5.97 Å². The van der Waals surface area contributed by atoms with Gasteiger partial charge in [-0.2, -0.15) is 0 Å². The van der Waals surface area contributed by atoms with Gasteiger partial charge in [0.2, 0.25) is 0 Å². The van der Waals surface area contributed by atoms with E-state index in [-0.39, 0.29) is 23.3 Å². The minimum absolute atomic E-state index is 0.0575. The van der Waals surface area contributed by atoms with Crippen LogP contribution in [-0.4, -0.2) is 48.2 Å². The van der Waals surface area contributed by atoms with E-state index in [0.29, 0.717) is 25.3 Å². The number of rotatable bonds is 9. The van der Waals surface area contributed by atoms with Crippen LogP contribution in [0.3, 0.4) is 0 Å². The maximum atomic E-state index is 12.7. The van der Waals surface area contributed by atoms with Crippen LogP contribution in [0.5, 0.6) is 0 Å². The van der Waals surface area contributed by atoms with Crippen LogP contribution in [0.4, 0.5) is 0 Å². The first kappa shape index (κ1) is 18.2. The third-order valence-electron chi connectivity index (χ3n) is 3.75. The number of ether oxygens (including phenoxy) is 1. The lowest BCUT2D eigenvalue weighted by atomic mass is 10.1. The van der Waals surface area contributed by atoms with E-state index in [2.05, 4.69) is 0 Å². The summed E-state index contributed by atoms with van der Waals surface area (Å²) >= 11 is 0. The SMILES string of the molecule is CCc1oc(C(=O)N(CCOC)C(CC)CC)cc1C(=O)O. The number of hydrogen-bond donors (Lipinski definition) is 1. The first-order chi connectivity index (χ1) is 10.5. The second-order valence-corrected chi connectivity index (χ2v) is 5.07. The zero-order valence-corrected chi connectivity index (χ0v) is 13.7. The number of carbonyl (C=O) groups is 2. The Bertz CT molecular complexity index is 505. The number of carboxylic acids is 1. The fourth-order valence-corrected chi connectivity index (χ4v) is 2.49. The molecule has 0 fully saturated rings. The van der Waals surface area contributed by atoms with Crippen molar-refractivity contribution in [3.05, 3.63) is 23.2 Å². The Kier molecular flexibility index (Phi) is 7.11. The van der Waals surface area contributed by atoms with Gasteiger partial charge in [0.1, 0.15) is 11.3 Å². The molecule has 0 unspecified atom stereocenters. The van der Waals surface area contributed by atoms with Gasteiger partial charge in [0, 0.05) is 32.2 Å². The summed E-state index contributed by atoms with van der Waals surface area (Å²) < 4.78 is 10.5. The molecule has 6 heteroatoms. The van der Waals surface area contributed by atoms with Gasteiger partial charge in [-0.15, -0.1) is 0 Å². The number of methoxy groups -OCH3 is 1. The highest BCUT2D eigenvalue weighted by Gasteiger charge is 2.27. The normalized spacial score (nSPS) is 11.0. The maximum absolute atomic E-state index is 12.7. The maximum Gasteiger partial charge on any atom is 0.339 e. The molecule has 1 amide bonds. The largest absolute Gasteiger partial charge is 0.478 e. The summed E-state index contributed by atoms with van der Waals surface area (Å²) in [5.41, 5.74) is 0.0575. The monoisotopic (exact) mass is 311 g/mol. The summed E-state index contributed by atoms with van der Waals surface area (Å²) in [4.78, 5) is 25.6. The molecule has 0 saturated carbocycles. The van der Waals surface area contributed by atoms with E-state index in [1.165, 1.54) is 6.07 Å². The molecule has 1 heterocycles. The predicted molar refractivity (Wildman–Crippen MR) is 82.3 cm³/mol. The summed E-state index contributed by atoms with van der Waals surface area (Å²) in [7, 11) is 1.58. The summed E-state index contributed by atoms with van der Waals surface area (Å²) in [5, 5.41) is 9.17. The zero-order chi connectivity index (χ0) is 16.7. The van der Waals surface area contributed by atoms with Gasteiger partial charge in [0.15, 0.2) is 5.76 Å². The average Bonchev–Trinajstić information content (AvgIpc) is 2.95. The van der Waals surface area contributed by atoms with Crippen molar-refractivity contribution in [1.82, 2.24) is 4.90 Å². The van der Waals surface area contributed by atoms with Gasteiger partial charge in [-0.05, 0) is 12.8 Å². The standard InChI is InChI=1S/C16H25NO5/c1-5-11(6-2)17(8-9-21-4)15(18)14-10-12(16(19)20)13(7-3)22-14/h10-11H,5-9H2,1-4H3,(H,19,20). The third-order valence-corrected chi connectivity index (χ3v) is 3.75. The van der Waals surface area contributed by atoms with Crippen LogP contribution >= 0.6 is 0 Å². The predicted octanol–water partition coefficient (Wildman–Crippen LogP) is 2.82. The second-order valence-electron chi connectivity index (χ2n) is 5.07. The molecular weight excluding hydrogens is 286 g/mol. The van der Waals surface area contributed by atoms with E-state index in [0.717, 1.165) is 12.8 Å². The summed E-state index contributed by atoms with van der Waals surface area (Å²) in [6, 6.07) is 1.40. The Hall–Kier alpha value is -1.82. The molecular formula is C16H25NO5. The van der Waals surface area contributed by atoms with Crippen LogP contribution in [-0.2, 0) is 11.2 Å². The molecule has 6 nitrogen and oxygen atoms in total. The Balaban J connectivity index is 3.09. The summed E-state index contributed by atoms with van der Waals surface area (Å²) in [5.74, 6) is -0.956. The lowest BCUT2D eigenvalue weighted by Gasteiger charge is -2.29. The fraction of sp³-hybridized carbons (Fsp3) is 0.625. The van der Waals surface area contributed by atoms with Gasteiger partial charge in [0.25, 0.3) is 5.91 Å². The number of carboxylic acid groups (broad SMARTS) is 1. The van der Waals surface area contributed by atoms with Crippen molar-refractivity contribution in [3.63, 3.8) is 0 Å². The molecule has 0 radical (unpaired) electrons. The Morgan fingerprint density at radius 3 is 2.36 bits per heavy atom. The van der Waals surface area contributed by atoms with Crippen molar-refractivity contribution in [3.8, 4) is 0 Å². The van der Waals surface area contributed by atoms with E-state index in [1.54, 1.807) is 18.9 Å². The molecule has 124 valence electrons. The van der Waals surface area contributed by atoms with Crippen molar-refractivity contribution in [1.29, 1.82) is 0 Å². The molecule has 1 N–H and O–H groups in total. The molecule has 0 aliphatic heterocycles. The van der Waals surface area contributed by atoms with E-state index >= 15 is 0 Å². The summed E-state index contributed by atoms with van der Waals surface area (Å²) in [6.07, 6.45) is 2.07. The number of nitrogens with zero attached hydrogens (tertiary/aromatic N) is 1. The van der Waals surface area contributed by atoms with Gasteiger partial charge in [-0.3, -0.25) is 4.79 Å². The van der Waals surface area contributed by atoms with Crippen LogP contribution in [0.25, 0.3) is 0 Å². The average molecular weight is 311 g/mol. The number of aryl methyl sites for hydroxylation is 1. The molecule has 1 rings (SSSR count). The van der Waals surface area contributed by atoms with Crippen molar-refractivity contribution in [2.45, 2.75) is 46.1 Å². The Morgan fingerprint density at radius 1 is 1.32 bits per heavy atom. The van der Waals surface area contributed by atoms with Crippen LogP contribution < -0.4 is 0 Å². The van der Waals surface area contributed by atoms with E-state index in [1.807, 2.05) is 13.8 Å². The lowest BCUT2D eigenvalue weighted by Crippen LogP contribution is -2.41.